The summed E-state index contributed by atoms with van der Waals surface area (Å²) in [5.74, 6) is 0.768. The Labute approximate surface area is 115 Å². The van der Waals surface area contributed by atoms with Crippen molar-refractivity contribution in [3.63, 3.8) is 0 Å². The first-order valence-electron chi connectivity index (χ1n) is 5.93. The molecule has 1 N–H and O–H groups in total. The summed E-state index contributed by atoms with van der Waals surface area (Å²) < 4.78 is 0.722. The van der Waals surface area contributed by atoms with Gasteiger partial charge in [0.05, 0.1) is 5.56 Å². The van der Waals surface area contributed by atoms with Crippen LogP contribution in [0.1, 0.15) is 10.4 Å². The smallest absolute Gasteiger partial charge is 0.252 e. The molecule has 1 aromatic heterocycles. The van der Waals surface area contributed by atoms with Gasteiger partial charge in [0.2, 0.25) is 0 Å². The Kier molecular flexibility index (Phi) is 4.19. The average molecular weight is 313 g/mol. The van der Waals surface area contributed by atoms with Gasteiger partial charge in [-0.15, -0.1) is 0 Å². The maximum atomic E-state index is 11.7. The molecule has 0 saturated carbocycles. The number of amides is 1. The Hall–Kier alpha value is -1.14. The first-order chi connectivity index (χ1) is 8.61. The summed E-state index contributed by atoms with van der Waals surface area (Å²) >= 11 is 3.36. The Morgan fingerprint density at radius 1 is 1.39 bits per heavy atom. The fourth-order valence-corrected chi connectivity index (χ4v) is 2.34. The second-order valence-electron chi connectivity index (χ2n) is 4.39. The molecule has 2 rings (SSSR count). The Morgan fingerprint density at radius 2 is 2.06 bits per heavy atom. The number of hydrogen-bond acceptors (Lipinski definition) is 4. The van der Waals surface area contributed by atoms with Gasteiger partial charge in [-0.1, -0.05) is 0 Å². The largest absolute Gasteiger partial charge is 0.355 e. The summed E-state index contributed by atoms with van der Waals surface area (Å²) in [7, 11) is 3.74. The van der Waals surface area contributed by atoms with E-state index < -0.39 is 0 Å². The molecule has 0 bridgehead atoms. The third-order valence-corrected chi connectivity index (χ3v) is 3.77. The van der Waals surface area contributed by atoms with Gasteiger partial charge in [-0.25, -0.2) is 4.98 Å². The molecule has 1 saturated heterocycles. The molecule has 0 unspecified atom stereocenters. The summed E-state index contributed by atoms with van der Waals surface area (Å²) in [4.78, 5) is 20.6. The molecule has 0 aromatic carbocycles. The number of likely N-dealkylation sites (N-methyl/N-ethyl adjacent to an activating group) is 1. The van der Waals surface area contributed by atoms with E-state index in [4.69, 9.17) is 0 Å². The molecule has 0 spiro atoms. The van der Waals surface area contributed by atoms with Crippen molar-refractivity contribution in [3.05, 3.63) is 22.3 Å². The number of halogens is 1. The number of hydrogen-bond donors (Lipinski definition) is 1. The zero-order valence-corrected chi connectivity index (χ0v) is 12.2. The van der Waals surface area contributed by atoms with Crippen molar-refractivity contribution in [2.24, 2.45) is 0 Å². The van der Waals surface area contributed by atoms with Gasteiger partial charge in [0.1, 0.15) is 5.82 Å². The first kappa shape index (κ1) is 13.3. The lowest BCUT2D eigenvalue weighted by atomic mass is 10.2. The zero-order chi connectivity index (χ0) is 13.1. The van der Waals surface area contributed by atoms with Crippen LogP contribution in [0.2, 0.25) is 0 Å². The fourth-order valence-electron chi connectivity index (χ4n) is 1.94. The highest BCUT2D eigenvalue weighted by Crippen LogP contribution is 2.21. The summed E-state index contributed by atoms with van der Waals surface area (Å²) in [5, 5.41) is 2.64. The van der Waals surface area contributed by atoms with E-state index in [0.717, 1.165) is 36.5 Å². The van der Waals surface area contributed by atoms with Crippen molar-refractivity contribution in [1.29, 1.82) is 0 Å². The minimum atomic E-state index is -0.0975. The van der Waals surface area contributed by atoms with Crippen LogP contribution in [0.15, 0.2) is 16.7 Å². The van der Waals surface area contributed by atoms with Crippen LogP contribution in [0, 0.1) is 0 Å². The summed E-state index contributed by atoms with van der Waals surface area (Å²) in [6.45, 7) is 3.93. The van der Waals surface area contributed by atoms with E-state index in [2.05, 4.69) is 43.1 Å². The van der Waals surface area contributed by atoms with Crippen molar-refractivity contribution in [3.8, 4) is 0 Å². The van der Waals surface area contributed by atoms with E-state index >= 15 is 0 Å². The molecule has 18 heavy (non-hydrogen) atoms. The SMILES string of the molecule is CNC(=O)c1cc(N2CCN(C)CC2)ncc1Br. The lowest BCUT2D eigenvalue weighted by molar-refractivity contribution is 0.0962. The predicted octanol–water partition coefficient (Wildman–Crippen LogP) is 0.956. The Bertz CT molecular complexity index is 444. The third kappa shape index (κ3) is 2.81. The number of anilines is 1. The third-order valence-electron chi connectivity index (χ3n) is 3.14. The maximum Gasteiger partial charge on any atom is 0.252 e. The number of nitrogens with one attached hydrogen (secondary N) is 1. The van der Waals surface area contributed by atoms with E-state index in [0.29, 0.717) is 5.56 Å². The van der Waals surface area contributed by atoms with Gasteiger partial charge in [-0.3, -0.25) is 4.79 Å². The number of aromatic nitrogens is 1. The predicted molar refractivity (Wildman–Crippen MR) is 75.0 cm³/mol. The van der Waals surface area contributed by atoms with Crippen molar-refractivity contribution in [2.45, 2.75) is 0 Å². The van der Waals surface area contributed by atoms with Crippen molar-refractivity contribution < 1.29 is 4.79 Å². The molecule has 6 heteroatoms. The second kappa shape index (κ2) is 5.67. The van der Waals surface area contributed by atoms with E-state index in [1.807, 2.05) is 6.07 Å². The zero-order valence-electron chi connectivity index (χ0n) is 10.6. The summed E-state index contributed by atoms with van der Waals surface area (Å²) in [6.07, 6.45) is 1.69. The molecule has 1 amide bonds. The maximum absolute atomic E-state index is 11.7. The molecule has 5 nitrogen and oxygen atoms in total. The standard InChI is InChI=1S/C12H17BrN4O/c1-14-12(18)9-7-11(15-8-10(9)13)17-5-3-16(2)4-6-17/h7-8H,3-6H2,1-2H3,(H,14,18). The molecule has 1 fully saturated rings. The molecular weight excluding hydrogens is 296 g/mol. The summed E-state index contributed by atoms with van der Waals surface area (Å²) in [5.41, 5.74) is 0.626. The topological polar surface area (TPSA) is 48.5 Å². The van der Waals surface area contributed by atoms with Gasteiger partial charge in [-0.2, -0.15) is 0 Å². The van der Waals surface area contributed by atoms with Crippen LogP contribution in [-0.2, 0) is 0 Å². The van der Waals surface area contributed by atoms with Crippen molar-refractivity contribution in [1.82, 2.24) is 15.2 Å². The van der Waals surface area contributed by atoms with Gasteiger partial charge in [0, 0.05) is 43.9 Å². The molecule has 0 atom stereocenters. The number of piperazine rings is 1. The minimum Gasteiger partial charge on any atom is -0.355 e. The van der Waals surface area contributed by atoms with Crippen LogP contribution < -0.4 is 10.2 Å². The Balaban J connectivity index is 2.21. The monoisotopic (exact) mass is 312 g/mol. The average Bonchev–Trinajstić information content (AvgIpc) is 2.39. The van der Waals surface area contributed by atoms with Crippen molar-refractivity contribution >= 4 is 27.7 Å². The van der Waals surface area contributed by atoms with E-state index in [9.17, 15) is 4.79 Å². The van der Waals surface area contributed by atoms with Crippen LogP contribution in [0.25, 0.3) is 0 Å². The van der Waals surface area contributed by atoms with E-state index in [1.165, 1.54) is 0 Å². The van der Waals surface area contributed by atoms with Crippen LogP contribution in [0.5, 0.6) is 0 Å². The molecule has 1 aromatic rings. The molecule has 0 aliphatic carbocycles. The summed E-state index contributed by atoms with van der Waals surface area (Å²) in [6, 6.07) is 1.84. The molecular formula is C12H17BrN4O. The Morgan fingerprint density at radius 3 is 2.67 bits per heavy atom. The normalized spacial score (nSPS) is 16.7. The number of carbonyl (C=O) groups is 1. The molecule has 0 radical (unpaired) electrons. The minimum absolute atomic E-state index is 0.0975. The van der Waals surface area contributed by atoms with Crippen LogP contribution in [0.3, 0.4) is 0 Å². The van der Waals surface area contributed by atoms with Crippen LogP contribution in [0.4, 0.5) is 5.82 Å². The quantitative estimate of drug-likeness (QED) is 0.883. The lowest BCUT2D eigenvalue weighted by Crippen LogP contribution is -2.44. The molecule has 2 heterocycles. The first-order valence-corrected chi connectivity index (χ1v) is 6.72. The van der Waals surface area contributed by atoms with Crippen molar-refractivity contribution in [2.75, 3.05) is 45.2 Å². The second-order valence-corrected chi connectivity index (χ2v) is 5.25. The van der Waals surface area contributed by atoms with Crippen LogP contribution >= 0.6 is 15.9 Å². The van der Waals surface area contributed by atoms with Gasteiger partial charge in [-0.05, 0) is 29.0 Å². The molecule has 98 valence electrons. The number of carbonyl (C=O) groups excluding carboxylic acids is 1. The highest BCUT2D eigenvalue weighted by molar-refractivity contribution is 9.10. The van der Waals surface area contributed by atoms with Gasteiger partial charge in [0.25, 0.3) is 5.91 Å². The van der Waals surface area contributed by atoms with E-state index in [1.54, 1.807) is 13.2 Å². The lowest BCUT2D eigenvalue weighted by Gasteiger charge is -2.33. The number of nitrogens with zero attached hydrogens (tertiary/aromatic N) is 3. The number of pyridine rings is 1. The van der Waals surface area contributed by atoms with E-state index in [-0.39, 0.29) is 5.91 Å². The van der Waals surface area contributed by atoms with Gasteiger partial charge >= 0.3 is 0 Å². The highest BCUT2D eigenvalue weighted by Gasteiger charge is 2.17. The number of rotatable bonds is 2. The molecule has 1 aliphatic heterocycles. The van der Waals surface area contributed by atoms with Crippen LogP contribution in [-0.4, -0.2) is 56.1 Å². The highest BCUT2D eigenvalue weighted by atomic mass is 79.9. The van der Waals surface area contributed by atoms with Gasteiger partial charge < -0.3 is 15.1 Å². The van der Waals surface area contributed by atoms with Gasteiger partial charge in [0.15, 0.2) is 0 Å². The molecule has 1 aliphatic rings. The fraction of sp³-hybridized carbons (Fsp3) is 0.500.